The molecule has 0 aromatic carbocycles. The molecule has 2 heteroatoms. The zero-order valence-corrected chi connectivity index (χ0v) is 10.3. The average molecular weight is 218 g/mol. The lowest BCUT2D eigenvalue weighted by atomic mass is 9.81. The highest BCUT2D eigenvalue weighted by Crippen LogP contribution is 2.37. The van der Waals surface area contributed by atoms with Crippen molar-refractivity contribution in [2.24, 2.45) is 17.6 Å². The number of aromatic nitrogens is 1. The fourth-order valence-corrected chi connectivity index (χ4v) is 3.01. The molecule has 0 amide bonds. The first-order chi connectivity index (χ1) is 7.70. The van der Waals surface area contributed by atoms with E-state index in [1.807, 2.05) is 12.4 Å². The minimum atomic E-state index is 0.292. The Hall–Kier alpha value is -0.890. The summed E-state index contributed by atoms with van der Waals surface area (Å²) in [6.45, 7) is 4.59. The fraction of sp³-hybridized carbons (Fsp3) is 0.643. The van der Waals surface area contributed by atoms with Crippen LogP contribution in [0.2, 0.25) is 0 Å². The van der Waals surface area contributed by atoms with Gasteiger partial charge in [-0.25, -0.2) is 0 Å². The number of pyridine rings is 1. The smallest absolute Gasteiger partial charge is 0.0270 e. The van der Waals surface area contributed by atoms with Crippen LogP contribution >= 0.6 is 0 Å². The van der Waals surface area contributed by atoms with Crippen LogP contribution in [0.1, 0.15) is 44.6 Å². The molecule has 2 nitrogen and oxygen atoms in total. The standard InChI is InChI=1S/C14H22N2/c1-10-4-3-5-13(10)14(15)11(2)12-6-8-16-9-7-12/h6-11,13-14H,3-5,15H2,1-2H3. The molecule has 16 heavy (non-hydrogen) atoms. The van der Waals surface area contributed by atoms with Crippen molar-refractivity contribution >= 4 is 0 Å². The Kier molecular flexibility index (Phi) is 3.59. The average Bonchev–Trinajstić information content (AvgIpc) is 2.75. The molecule has 1 aromatic rings. The number of hydrogen-bond acceptors (Lipinski definition) is 2. The zero-order chi connectivity index (χ0) is 11.5. The van der Waals surface area contributed by atoms with Crippen LogP contribution in [-0.2, 0) is 0 Å². The molecule has 0 aliphatic heterocycles. The molecule has 2 N–H and O–H groups in total. The summed E-state index contributed by atoms with van der Waals surface area (Å²) in [7, 11) is 0. The maximum atomic E-state index is 6.42. The molecule has 0 saturated heterocycles. The predicted octanol–water partition coefficient (Wildman–Crippen LogP) is 2.95. The van der Waals surface area contributed by atoms with Gasteiger partial charge in [0.15, 0.2) is 0 Å². The fourth-order valence-electron chi connectivity index (χ4n) is 3.01. The number of nitrogens with two attached hydrogens (primary N) is 1. The van der Waals surface area contributed by atoms with Gasteiger partial charge in [-0.1, -0.05) is 26.7 Å². The monoisotopic (exact) mass is 218 g/mol. The van der Waals surface area contributed by atoms with E-state index < -0.39 is 0 Å². The van der Waals surface area contributed by atoms with Crippen LogP contribution in [0.4, 0.5) is 0 Å². The summed E-state index contributed by atoms with van der Waals surface area (Å²) in [5.41, 5.74) is 7.75. The van der Waals surface area contributed by atoms with Crippen molar-refractivity contribution in [2.75, 3.05) is 0 Å². The third-order valence-corrected chi connectivity index (χ3v) is 4.23. The first-order valence-corrected chi connectivity index (χ1v) is 6.35. The Balaban J connectivity index is 2.07. The maximum Gasteiger partial charge on any atom is 0.0270 e. The molecule has 1 aromatic heterocycles. The number of nitrogens with zero attached hydrogens (tertiary/aromatic N) is 1. The molecule has 1 fully saturated rings. The van der Waals surface area contributed by atoms with Gasteiger partial charge >= 0.3 is 0 Å². The van der Waals surface area contributed by atoms with Gasteiger partial charge in [0.1, 0.15) is 0 Å². The van der Waals surface area contributed by atoms with E-state index in [1.165, 1.54) is 24.8 Å². The van der Waals surface area contributed by atoms with E-state index in [2.05, 4.69) is 31.0 Å². The van der Waals surface area contributed by atoms with Gasteiger partial charge < -0.3 is 5.73 Å². The van der Waals surface area contributed by atoms with Gasteiger partial charge in [0, 0.05) is 18.4 Å². The second-order valence-electron chi connectivity index (χ2n) is 5.22. The first-order valence-electron chi connectivity index (χ1n) is 6.35. The minimum Gasteiger partial charge on any atom is -0.327 e. The highest BCUT2D eigenvalue weighted by atomic mass is 14.7. The van der Waals surface area contributed by atoms with E-state index in [1.54, 1.807) is 0 Å². The molecule has 1 aliphatic rings. The molecule has 4 atom stereocenters. The third kappa shape index (κ3) is 2.27. The topological polar surface area (TPSA) is 38.9 Å². The lowest BCUT2D eigenvalue weighted by Crippen LogP contribution is -2.36. The van der Waals surface area contributed by atoms with Crippen LogP contribution in [-0.4, -0.2) is 11.0 Å². The molecular weight excluding hydrogens is 196 g/mol. The molecule has 1 aliphatic carbocycles. The van der Waals surface area contributed by atoms with Gasteiger partial charge in [0.25, 0.3) is 0 Å². The second-order valence-corrected chi connectivity index (χ2v) is 5.22. The maximum absolute atomic E-state index is 6.42. The van der Waals surface area contributed by atoms with Gasteiger partial charge in [0.05, 0.1) is 0 Å². The minimum absolute atomic E-state index is 0.292. The van der Waals surface area contributed by atoms with Crippen LogP contribution in [0.5, 0.6) is 0 Å². The molecule has 2 rings (SSSR count). The van der Waals surface area contributed by atoms with Gasteiger partial charge in [-0.05, 0) is 41.9 Å². The summed E-state index contributed by atoms with van der Waals surface area (Å²) >= 11 is 0. The zero-order valence-electron chi connectivity index (χ0n) is 10.3. The van der Waals surface area contributed by atoms with E-state index in [0.29, 0.717) is 17.9 Å². The van der Waals surface area contributed by atoms with E-state index in [0.717, 1.165) is 5.92 Å². The lowest BCUT2D eigenvalue weighted by Gasteiger charge is -2.28. The molecule has 0 spiro atoms. The van der Waals surface area contributed by atoms with Crippen molar-refractivity contribution in [3.63, 3.8) is 0 Å². The van der Waals surface area contributed by atoms with E-state index in [-0.39, 0.29) is 0 Å². The Morgan fingerprint density at radius 3 is 2.56 bits per heavy atom. The summed E-state index contributed by atoms with van der Waals surface area (Å²) in [6.07, 6.45) is 7.72. The van der Waals surface area contributed by atoms with Crippen molar-refractivity contribution in [2.45, 2.75) is 45.1 Å². The summed E-state index contributed by atoms with van der Waals surface area (Å²) in [6, 6.07) is 4.47. The molecule has 0 bridgehead atoms. The van der Waals surface area contributed by atoms with Crippen LogP contribution in [0, 0.1) is 11.8 Å². The summed E-state index contributed by atoms with van der Waals surface area (Å²) in [4.78, 5) is 4.06. The van der Waals surface area contributed by atoms with Crippen molar-refractivity contribution in [3.05, 3.63) is 30.1 Å². The van der Waals surface area contributed by atoms with Gasteiger partial charge in [-0.15, -0.1) is 0 Å². The van der Waals surface area contributed by atoms with Crippen molar-refractivity contribution in [1.82, 2.24) is 4.98 Å². The Morgan fingerprint density at radius 1 is 1.31 bits per heavy atom. The van der Waals surface area contributed by atoms with Gasteiger partial charge in [-0.3, -0.25) is 4.98 Å². The highest BCUT2D eigenvalue weighted by Gasteiger charge is 2.31. The second kappa shape index (κ2) is 4.96. The molecule has 0 radical (unpaired) electrons. The molecule has 1 heterocycles. The molecular formula is C14H22N2. The molecule has 4 unspecified atom stereocenters. The quantitative estimate of drug-likeness (QED) is 0.847. The highest BCUT2D eigenvalue weighted by molar-refractivity contribution is 5.17. The Bertz CT molecular complexity index is 323. The molecule has 1 saturated carbocycles. The molecule has 88 valence electrons. The lowest BCUT2D eigenvalue weighted by molar-refractivity contribution is 0.315. The van der Waals surface area contributed by atoms with Crippen LogP contribution in [0.15, 0.2) is 24.5 Å². The number of hydrogen-bond donors (Lipinski definition) is 1. The van der Waals surface area contributed by atoms with Gasteiger partial charge in [-0.2, -0.15) is 0 Å². The summed E-state index contributed by atoms with van der Waals surface area (Å²) in [5, 5.41) is 0. The SMILES string of the molecule is CC1CCCC1C(N)C(C)c1ccncc1. The Labute approximate surface area is 98.3 Å². The van der Waals surface area contributed by atoms with E-state index >= 15 is 0 Å². The van der Waals surface area contributed by atoms with Crippen LogP contribution in [0.3, 0.4) is 0 Å². The first kappa shape index (κ1) is 11.6. The van der Waals surface area contributed by atoms with Crippen LogP contribution < -0.4 is 5.73 Å². The van der Waals surface area contributed by atoms with Crippen molar-refractivity contribution in [1.29, 1.82) is 0 Å². The van der Waals surface area contributed by atoms with Crippen molar-refractivity contribution in [3.8, 4) is 0 Å². The van der Waals surface area contributed by atoms with E-state index in [9.17, 15) is 0 Å². The van der Waals surface area contributed by atoms with Crippen LogP contribution in [0.25, 0.3) is 0 Å². The largest absolute Gasteiger partial charge is 0.327 e. The number of rotatable bonds is 3. The normalized spacial score (nSPS) is 28.9. The van der Waals surface area contributed by atoms with Crippen molar-refractivity contribution < 1.29 is 0 Å². The predicted molar refractivity (Wildman–Crippen MR) is 67.1 cm³/mol. The summed E-state index contributed by atoms with van der Waals surface area (Å²) < 4.78 is 0. The van der Waals surface area contributed by atoms with Gasteiger partial charge in [0.2, 0.25) is 0 Å². The summed E-state index contributed by atoms with van der Waals surface area (Å²) in [5.74, 6) is 1.93. The van der Waals surface area contributed by atoms with E-state index in [4.69, 9.17) is 5.73 Å². The Morgan fingerprint density at radius 2 is 2.00 bits per heavy atom. The third-order valence-electron chi connectivity index (χ3n) is 4.23.